The van der Waals surface area contributed by atoms with E-state index in [0.717, 1.165) is 11.1 Å². The van der Waals surface area contributed by atoms with E-state index in [9.17, 15) is 8.42 Å². The van der Waals surface area contributed by atoms with Crippen LogP contribution in [0.5, 0.6) is 0 Å². The zero-order valence-electron chi connectivity index (χ0n) is 18.0. The lowest BCUT2D eigenvalue weighted by Crippen LogP contribution is -2.49. The summed E-state index contributed by atoms with van der Waals surface area (Å²) in [7, 11) is -3.77. The highest BCUT2D eigenvalue weighted by Gasteiger charge is 2.32. The van der Waals surface area contributed by atoms with Gasteiger partial charge in [0.05, 0.1) is 10.5 Å². The fourth-order valence-electron chi connectivity index (χ4n) is 3.74. The summed E-state index contributed by atoms with van der Waals surface area (Å²) in [5.74, 6) is 1.18. The average Bonchev–Trinajstić information content (AvgIpc) is 3.35. The van der Waals surface area contributed by atoms with Gasteiger partial charge >= 0.3 is 0 Å². The van der Waals surface area contributed by atoms with Gasteiger partial charge in [-0.1, -0.05) is 47.1 Å². The van der Waals surface area contributed by atoms with Crippen molar-refractivity contribution in [3.8, 4) is 22.8 Å². The highest BCUT2D eigenvalue weighted by atomic mass is 32.2. The molecule has 0 amide bonds. The fourth-order valence-corrected chi connectivity index (χ4v) is 5.35. The molecule has 2 aromatic heterocycles. The van der Waals surface area contributed by atoms with E-state index in [-0.39, 0.29) is 10.8 Å². The SMILES string of the molecule is Cc1ccc(-c2noc(-c3ccccc3S(=O)(=O)N3CCN(c4ncccn4)CC3)n2)cc1. The maximum Gasteiger partial charge on any atom is 0.259 e. The van der Waals surface area contributed by atoms with Crippen LogP contribution in [-0.2, 0) is 10.0 Å². The normalized spacial score (nSPS) is 15.0. The van der Waals surface area contributed by atoms with Crippen molar-refractivity contribution in [3.63, 3.8) is 0 Å². The molecule has 1 aliphatic rings. The molecule has 0 spiro atoms. The van der Waals surface area contributed by atoms with Crippen molar-refractivity contribution in [1.29, 1.82) is 0 Å². The van der Waals surface area contributed by atoms with E-state index in [1.165, 1.54) is 4.31 Å². The van der Waals surface area contributed by atoms with Gasteiger partial charge < -0.3 is 9.42 Å². The number of benzene rings is 2. The molecule has 1 fully saturated rings. The van der Waals surface area contributed by atoms with Crippen molar-refractivity contribution >= 4 is 16.0 Å². The van der Waals surface area contributed by atoms with Crippen LogP contribution in [0, 0.1) is 6.92 Å². The molecule has 1 saturated heterocycles. The van der Waals surface area contributed by atoms with E-state index in [1.807, 2.05) is 36.1 Å². The van der Waals surface area contributed by atoms with Crippen molar-refractivity contribution in [2.45, 2.75) is 11.8 Å². The summed E-state index contributed by atoms with van der Waals surface area (Å²) in [5.41, 5.74) is 2.31. The molecule has 0 atom stereocenters. The van der Waals surface area contributed by atoms with Crippen LogP contribution >= 0.6 is 0 Å². The molecule has 1 aliphatic heterocycles. The molecule has 10 heteroatoms. The fraction of sp³-hybridized carbons (Fsp3) is 0.217. The minimum atomic E-state index is -3.77. The predicted molar refractivity (Wildman–Crippen MR) is 123 cm³/mol. The van der Waals surface area contributed by atoms with Gasteiger partial charge in [0.15, 0.2) is 0 Å². The third-order valence-corrected chi connectivity index (χ3v) is 7.50. The molecule has 9 nitrogen and oxygen atoms in total. The predicted octanol–water partition coefficient (Wildman–Crippen LogP) is 3.01. The van der Waals surface area contributed by atoms with Crippen LogP contribution in [0.2, 0.25) is 0 Å². The van der Waals surface area contributed by atoms with Gasteiger partial charge in [-0.25, -0.2) is 18.4 Å². The lowest BCUT2D eigenvalue weighted by Gasteiger charge is -2.34. The molecule has 0 saturated carbocycles. The molecule has 0 bridgehead atoms. The molecule has 0 unspecified atom stereocenters. The smallest absolute Gasteiger partial charge is 0.259 e. The minimum Gasteiger partial charge on any atom is -0.338 e. The molecule has 4 aromatic rings. The molecule has 3 heterocycles. The van der Waals surface area contributed by atoms with E-state index < -0.39 is 10.0 Å². The average molecular weight is 463 g/mol. The van der Waals surface area contributed by atoms with Crippen molar-refractivity contribution in [3.05, 3.63) is 72.6 Å². The van der Waals surface area contributed by atoms with E-state index in [2.05, 4.69) is 20.1 Å². The first kappa shape index (κ1) is 21.2. The highest BCUT2D eigenvalue weighted by molar-refractivity contribution is 7.89. The Bertz CT molecular complexity index is 1350. The Kier molecular flexibility index (Phi) is 5.61. The number of hydrogen-bond donors (Lipinski definition) is 0. The Hall–Kier alpha value is -3.63. The Morgan fingerprint density at radius 3 is 2.30 bits per heavy atom. The minimum absolute atomic E-state index is 0.147. The zero-order chi connectivity index (χ0) is 22.8. The molecule has 5 rings (SSSR count). The van der Waals surface area contributed by atoms with Crippen LogP contribution in [0.4, 0.5) is 5.95 Å². The summed E-state index contributed by atoms with van der Waals surface area (Å²) in [6.07, 6.45) is 3.36. The third-order valence-electron chi connectivity index (χ3n) is 5.54. The number of aromatic nitrogens is 4. The monoisotopic (exact) mass is 462 g/mol. The Morgan fingerprint density at radius 2 is 1.58 bits per heavy atom. The van der Waals surface area contributed by atoms with Gasteiger partial charge in [0.2, 0.25) is 21.8 Å². The second-order valence-corrected chi connectivity index (χ2v) is 9.63. The van der Waals surface area contributed by atoms with Crippen LogP contribution in [0.15, 0.2) is 76.4 Å². The van der Waals surface area contributed by atoms with Crippen LogP contribution in [0.25, 0.3) is 22.8 Å². The van der Waals surface area contributed by atoms with Crippen molar-refractivity contribution in [1.82, 2.24) is 24.4 Å². The summed E-state index contributed by atoms with van der Waals surface area (Å²) < 4.78 is 34.0. The van der Waals surface area contributed by atoms with Gasteiger partial charge in [0.25, 0.3) is 5.89 Å². The summed E-state index contributed by atoms with van der Waals surface area (Å²) in [6, 6.07) is 16.2. The number of piperazine rings is 1. The molecule has 168 valence electrons. The molecular formula is C23H22N6O3S. The van der Waals surface area contributed by atoms with E-state index >= 15 is 0 Å². The third kappa shape index (κ3) is 4.22. The van der Waals surface area contributed by atoms with E-state index in [0.29, 0.717) is 43.5 Å². The van der Waals surface area contributed by atoms with Crippen LogP contribution in [-0.4, -0.2) is 59.0 Å². The Labute approximate surface area is 191 Å². The number of aryl methyl sites for hydroxylation is 1. The first-order valence-electron chi connectivity index (χ1n) is 10.5. The highest BCUT2D eigenvalue weighted by Crippen LogP contribution is 2.30. The molecule has 0 N–H and O–H groups in total. The van der Waals surface area contributed by atoms with Crippen LogP contribution in [0.1, 0.15) is 5.56 Å². The molecule has 0 radical (unpaired) electrons. The first-order chi connectivity index (χ1) is 16.0. The van der Waals surface area contributed by atoms with Crippen LogP contribution in [0.3, 0.4) is 0 Å². The first-order valence-corrected chi connectivity index (χ1v) is 12.0. The summed E-state index contributed by atoms with van der Waals surface area (Å²) in [6.45, 7) is 3.66. The van der Waals surface area contributed by atoms with E-state index in [4.69, 9.17) is 4.52 Å². The molecule has 33 heavy (non-hydrogen) atoms. The largest absolute Gasteiger partial charge is 0.338 e. The lowest BCUT2D eigenvalue weighted by molar-refractivity contribution is 0.382. The number of nitrogens with zero attached hydrogens (tertiary/aromatic N) is 6. The van der Waals surface area contributed by atoms with Gasteiger partial charge in [-0.3, -0.25) is 0 Å². The molecule has 2 aromatic carbocycles. The number of sulfonamides is 1. The number of anilines is 1. The quantitative estimate of drug-likeness (QED) is 0.446. The van der Waals surface area contributed by atoms with Crippen molar-refractivity contribution in [2.75, 3.05) is 31.1 Å². The molecule has 0 aliphatic carbocycles. The Balaban J connectivity index is 1.40. The summed E-state index contributed by atoms with van der Waals surface area (Å²) in [4.78, 5) is 15.1. The van der Waals surface area contributed by atoms with Gasteiger partial charge in [0.1, 0.15) is 0 Å². The van der Waals surface area contributed by atoms with Gasteiger partial charge in [-0.05, 0) is 25.1 Å². The van der Waals surface area contributed by atoms with Gasteiger partial charge in [-0.2, -0.15) is 9.29 Å². The topological polar surface area (TPSA) is 105 Å². The standard InChI is InChI=1S/C23H22N6O3S/c1-17-7-9-18(10-8-17)21-26-22(32-27-21)19-5-2-3-6-20(19)33(30,31)29-15-13-28(14-16-29)23-24-11-4-12-25-23/h2-12H,13-16H2,1H3. The maximum absolute atomic E-state index is 13.5. The van der Waals surface area contributed by atoms with Crippen LogP contribution < -0.4 is 4.90 Å². The second-order valence-electron chi connectivity index (χ2n) is 7.73. The van der Waals surface area contributed by atoms with Gasteiger partial charge in [0, 0.05) is 44.1 Å². The number of hydrogen-bond acceptors (Lipinski definition) is 8. The van der Waals surface area contributed by atoms with E-state index in [1.54, 1.807) is 42.7 Å². The van der Waals surface area contributed by atoms with Gasteiger partial charge in [-0.15, -0.1) is 0 Å². The zero-order valence-corrected chi connectivity index (χ0v) is 18.8. The summed E-state index contributed by atoms with van der Waals surface area (Å²) >= 11 is 0. The lowest BCUT2D eigenvalue weighted by atomic mass is 10.1. The second kappa shape index (κ2) is 8.72. The maximum atomic E-state index is 13.5. The van der Waals surface area contributed by atoms with Crippen molar-refractivity contribution < 1.29 is 12.9 Å². The Morgan fingerprint density at radius 1 is 0.879 bits per heavy atom. The number of rotatable bonds is 5. The summed E-state index contributed by atoms with van der Waals surface area (Å²) in [5, 5.41) is 4.06. The van der Waals surface area contributed by atoms with Crippen molar-refractivity contribution in [2.24, 2.45) is 0 Å². The molecular weight excluding hydrogens is 440 g/mol.